The Balaban J connectivity index is 1.47. The van der Waals surface area contributed by atoms with Crippen molar-refractivity contribution in [1.29, 1.82) is 0 Å². The Bertz CT molecular complexity index is 1320. The standard InChI is InChI=1S/C28H26O3/c29-17-1-2-18-31-26(30)14-5-7-19-15-16-25-23-12-4-9-20-8-3-11-22(27(20)23)24-13-6-10-21(19)28(24)25/h3-4,6,8-13,15-16,29H,1-2,5,7,14,17-18H2. The van der Waals surface area contributed by atoms with Gasteiger partial charge < -0.3 is 9.84 Å². The highest BCUT2D eigenvalue weighted by Crippen LogP contribution is 2.41. The summed E-state index contributed by atoms with van der Waals surface area (Å²) in [6, 6.07) is 24.2. The van der Waals surface area contributed by atoms with E-state index < -0.39 is 0 Å². The second kappa shape index (κ2) is 8.52. The van der Waals surface area contributed by atoms with Gasteiger partial charge in [-0.15, -0.1) is 0 Å². The first kappa shape index (κ1) is 19.8. The number of ether oxygens (including phenoxy) is 1. The number of aryl methyl sites for hydroxylation is 1. The van der Waals surface area contributed by atoms with E-state index in [0.29, 0.717) is 25.9 Å². The highest BCUT2D eigenvalue weighted by molar-refractivity contribution is 6.33. The van der Waals surface area contributed by atoms with Crippen LogP contribution in [0.1, 0.15) is 31.2 Å². The summed E-state index contributed by atoms with van der Waals surface area (Å²) in [6.45, 7) is 0.535. The Kier molecular flexibility index (Phi) is 5.44. The molecule has 0 radical (unpaired) electrons. The largest absolute Gasteiger partial charge is 0.466 e. The molecule has 5 aromatic rings. The van der Waals surface area contributed by atoms with E-state index in [1.54, 1.807) is 0 Å². The summed E-state index contributed by atoms with van der Waals surface area (Å²) in [5, 5.41) is 19.2. The Morgan fingerprint density at radius 2 is 1.35 bits per heavy atom. The minimum atomic E-state index is -0.152. The number of carbonyl (C=O) groups is 1. The van der Waals surface area contributed by atoms with Crippen LogP contribution in [0.25, 0.3) is 43.1 Å². The van der Waals surface area contributed by atoms with Gasteiger partial charge in [-0.25, -0.2) is 0 Å². The molecule has 0 aliphatic carbocycles. The van der Waals surface area contributed by atoms with Gasteiger partial charge in [-0.3, -0.25) is 4.79 Å². The van der Waals surface area contributed by atoms with Crippen LogP contribution in [0.4, 0.5) is 0 Å². The summed E-state index contributed by atoms with van der Waals surface area (Å²) in [5.74, 6) is -0.152. The number of unbranched alkanes of at least 4 members (excludes halogenated alkanes) is 1. The maximum Gasteiger partial charge on any atom is 0.305 e. The van der Waals surface area contributed by atoms with Crippen molar-refractivity contribution in [1.82, 2.24) is 0 Å². The van der Waals surface area contributed by atoms with Gasteiger partial charge in [0.15, 0.2) is 0 Å². The first-order valence-electron chi connectivity index (χ1n) is 11.1. The van der Waals surface area contributed by atoms with E-state index in [0.717, 1.165) is 12.8 Å². The van der Waals surface area contributed by atoms with Crippen molar-refractivity contribution in [3.05, 3.63) is 72.3 Å². The Morgan fingerprint density at radius 3 is 2.10 bits per heavy atom. The highest BCUT2D eigenvalue weighted by atomic mass is 16.5. The van der Waals surface area contributed by atoms with Crippen molar-refractivity contribution in [2.75, 3.05) is 13.2 Å². The molecule has 0 saturated carbocycles. The third-order valence-corrected chi connectivity index (χ3v) is 6.26. The van der Waals surface area contributed by atoms with E-state index in [1.165, 1.54) is 48.7 Å². The molecule has 1 N–H and O–H groups in total. The fourth-order valence-electron chi connectivity index (χ4n) is 4.82. The molecule has 0 aliphatic rings. The molecule has 3 nitrogen and oxygen atoms in total. The molecular formula is C28H26O3. The lowest BCUT2D eigenvalue weighted by Crippen LogP contribution is -2.06. The Hall–Kier alpha value is -3.17. The highest BCUT2D eigenvalue weighted by Gasteiger charge is 2.14. The fourth-order valence-corrected chi connectivity index (χ4v) is 4.82. The molecule has 3 heteroatoms. The molecule has 5 rings (SSSR count). The van der Waals surface area contributed by atoms with E-state index in [9.17, 15) is 4.79 Å². The van der Waals surface area contributed by atoms with E-state index in [4.69, 9.17) is 9.84 Å². The monoisotopic (exact) mass is 410 g/mol. The number of esters is 1. The van der Waals surface area contributed by atoms with Crippen LogP contribution in [0.5, 0.6) is 0 Å². The second-order valence-electron chi connectivity index (χ2n) is 8.21. The molecule has 5 aromatic carbocycles. The zero-order chi connectivity index (χ0) is 21.2. The molecule has 0 amide bonds. The zero-order valence-electron chi connectivity index (χ0n) is 17.6. The topological polar surface area (TPSA) is 46.5 Å². The van der Waals surface area contributed by atoms with Crippen LogP contribution in [0, 0.1) is 0 Å². The predicted molar refractivity (Wildman–Crippen MR) is 128 cm³/mol. The molecule has 0 fully saturated rings. The van der Waals surface area contributed by atoms with Crippen molar-refractivity contribution in [2.45, 2.75) is 32.1 Å². The molecule has 0 unspecified atom stereocenters. The number of rotatable bonds is 8. The molecule has 0 atom stereocenters. The van der Waals surface area contributed by atoms with Crippen molar-refractivity contribution >= 4 is 49.1 Å². The number of fused-ring (bicyclic) bond motifs is 2. The summed E-state index contributed by atoms with van der Waals surface area (Å²) in [5.41, 5.74) is 1.28. The fraction of sp³-hybridized carbons (Fsp3) is 0.250. The quantitative estimate of drug-likeness (QED) is 0.140. The number of hydrogen-bond donors (Lipinski definition) is 1. The van der Waals surface area contributed by atoms with Gasteiger partial charge in [0.25, 0.3) is 0 Å². The molecule has 0 aromatic heterocycles. The summed E-state index contributed by atoms with van der Waals surface area (Å²) in [7, 11) is 0. The van der Waals surface area contributed by atoms with E-state index in [-0.39, 0.29) is 12.6 Å². The average Bonchev–Trinajstić information content (AvgIpc) is 2.80. The van der Waals surface area contributed by atoms with Crippen LogP contribution in [0.15, 0.2) is 66.7 Å². The Morgan fingerprint density at radius 1 is 0.710 bits per heavy atom. The predicted octanol–water partition coefficient (Wildman–Crippen LogP) is 6.38. The summed E-state index contributed by atoms with van der Waals surface area (Å²) in [4.78, 5) is 12.0. The maximum atomic E-state index is 12.0. The summed E-state index contributed by atoms with van der Waals surface area (Å²) >= 11 is 0. The summed E-state index contributed by atoms with van der Waals surface area (Å²) in [6.07, 6.45) is 3.42. The molecule has 156 valence electrons. The molecule has 0 bridgehead atoms. The van der Waals surface area contributed by atoms with Crippen LogP contribution in [-0.2, 0) is 16.0 Å². The molecule has 0 saturated heterocycles. The SMILES string of the molecule is O=C(CCCc1ccc2c3cccc4cccc(c5cccc1c52)c43)OCCCCO. The molecule has 0 spiro atoms. The van der Waals surface area contributed by atoms with Gasteiger partial charge in [-0.2, -0.15) is 0 Å². The summed E-state index contributed by atoms with van der Waals surface area (Å²) < 4.78 is 5.26. The van der Waals surface area contributed by atoms with Crippen LogP contribution in [-0.4, -0.2) is 24.3 Å². The molecule has 31 heavy (non-hydrogen) atoms. The first-order chi connectivity index (χ1) is 15.3. The number of aliphatic hydroxyl groups excluding tert-OH is 1. The van der Waals surface area contributed by atoms with E-state index in [2.05, 4.69) is 66.7 Å². The van der Waals surface area contributed by atoms with Crippen molar-refractivity contribution in [3.8, 4) is 0 Å². The molecular weight excluding hydrogens is 384 g/mol. The minimum absolute atomic E-state index is 0.140. The third kappa shape index (κ3) is 3.60. The number of benzene rings is 5. The molecule has 0 aliphatic heterocycles. The van der Waals surface area contributed by atoms with Crippen molar-refractivity contribution < 1.29 is 14.6 Å². The lowest BCUT2D eigenvalue weighted by atomic mass is 9.87. The zero-order valence-corrected chi connectivity index (χ0v) is 17.6. The van der Waals surface area contributed by atoms with E-state index in [1.807, 2.05) is 0 Å². The van der Waals surface area contributed by atoms with Gasteiger partial charge in [0, 0.05) is 13.0 Å². The van der Waals surface area contributed by atoms with Crippen molar-refractivity contribution in [2.24, 2.45) is 0 Å². The average molecular weight is 411 g/mol. The second-order valence-corrected chi connectivity index (χ2v) is 8.21. The van der Waals surface area contributed by atoms with Gasteiger partial charge in [0.1, 0.15) is 0 Å². The van der Waals surface area contributed by atoms with E-state index >= 15 is 0 Å². The van der Waals surface area contributed by atoms with Crippen LogP contribution in [0.3, 0.4) is 0 Å². The van der Waals surface area contributed by atoms with Crippen molar-refractivity contribution in [3.63, 3.8) is 0 Å². The molecule has 0 heterocycles. The lowest BCUT2D eigenvalue weighted by molar-refractivity contribution is -0.143. The van der Waals surface area contributed by atoms with Crippen LogP contribution < -0.4 is 0 Å². The Labute approximate surface area is 181 Å². The smallest absolute Gasteiger partial charge is 0.305 e. The first-order valence-corrected chi connectivity index (χ1v) is 11.1. The van der Waals surface area contributed by atoms with Gasteiger partial charge >= 0.3 is 5.97 Å². The van der Waals surface area contributed by atoms with Gasteiger partial charge in [0.2, 0.25) is 0 Å². The maximum absolute atomic E-state index is 12.0. The van der Waals surface area contributed by atoms with Crippen LogP contribution >= 0.6 is 0 Å². The lowest BCUT2D eigenvalue weighted by Gasteiger charge is -2.16. The normalized spacial score (nSPS) is 11.8. The van der Waals surface area contributed by atoms with Gasteiger partial charge in [0.05, 0.1) is 6.61 Å². The van der Waals surface area contributed by atoms with Crippen LogP contribution in [0.2, 0.25) is 0 Å². The number of carbonyl (C=O) groups excluding carboxylic acids is 1. The number of aliphatic hydroxyl groups is 1. The number of hydrogen-bond acceptors (Lipinski definition) is 3. The third-order valence-electron chi connectivity index (χ3n) is 6.26. The van der Waals surface area contributed by atoms with Gasteiger partial charge in [-0.1, -0.05) is 66.7 Å². The van der Waals surface area contributed by atoms with Gasteiger partial charge in [-0.05, 0) is 74.3 Å². The minimum Gasteiger partial charge on any atom is -0.466 e.